The molecule has 1 fully saturated rings. The van der Waals surface area contributed by atoms with Gasteiger partial charge in [-0.15, -0.1) is 5.10 Å². The maximum absolute atomic E-state index is 5.85. The van der Waals surface area contributed by atoms with Crippen LogP contribution in [0.15, 0.2) is 22.7 Å². The van der Waals surface area contributed by atoms with Crippen molar-refractivity contribution < 1.29 is 4.74 Å². The van der Waals surface area contributed by atoms with Gasteiger partial charge in [0.25, 0.3) is 0 Å². The van der Waals surface area contributed by atoms with Gasteiger partial charge in [0.2, 0.25) is 0 Å². The first-order valence-electron chi connectivity index (χ1n) is 6.63. The number of halogens is 1. The van der Waals surface area contributed by atoms with Crippen molar-refractivity contribution in [1.82, 2.24) is 20.2 Å². The molecule has 2 N–H and O–H groups in total. The number of hydrogen-bond donors (Lipinski definition) is 1. The molecule has 0 saturated carbocycles. The maximum Gasteiger partial charge on any atom is 0.183 e. The van der Waals surface area contributed by atoms with E-state index in [2.05, 4.69) is 31.5 Å². The van der Waals surface area contributed by atoms with E-state index in [1.807, 2.05) is 22.9 Å². The highest BCUT2D eigenvalue weighted by Gasteiger charge is 2.19. The molecule has 1 aliphatic heterocycles. The van der Waals surface area contributed by atoms with Crippen LogP contribution in [0.4, 0.5) is 5.69 Å². The van der Waals surface area contributed by atoms with Crippen LogP contribution in [0.25, 0.3) is 11.4 Å². The van der Waals surface area contributed by atoms with Gasteiger partial charge in [-0.2, -0.15) is 0 Å². The molecule has 1 atom stereocenters. The molecule has 3 rings (SSSR count). The van der Waals surface area contributed by atoms with Crippen LogP contribution in [0, 0.1) is 5.92 Å². The van der Waals surface area contributed by atoms with Gasteiger partial charge >= 0.3 is 0 Å². The van der Waals surface area contributed by atoms with Crippen LogP contribution < -0.4 is 5.73 Å². The van der Waals surface area contributed by atoms with Crippen LogP contribution in [-0.2, 0) is 11.3 Å². The van der Waals surface area contributed by atoms with Gasteiger partial charge in [-0.05, 0) is 41.5 Å². The largest absolute Gasteiger partial charge is 0.399 e. The number of nitrogens with zero attached hydrogens (tertiary/aromatic N) is 4. The molecular formula is C13H16BrN5O. The van der Waals surface area contributed by atoms with Crippen molar-refractivity contribution in [2.24, 2.45) is 5.92 Å². The average Bonchev–Trinajstić information content (AvgIpc) is 2.91. The molecule has 1 aromatic carbocycles. The lowest BCUT2D eigenvalue weighted by Gasteiger charge is -2.22. The fourth-order valence-electron chi connectivity index (χ4n) is 2.43. The standard InChI is InChI=1S/C13H16BrN5O/c14-12-4-3-10(15)6-11(12)13-16-17-18-19(13)7-9-2-1-5-20-8-9/h3-4,6,9H,1-2,5,7-8,15H2. The van der Waals surface area contributed by atoms with Crippen molar-refractivity contribution in [3.05, 3.63) is 22.7 Å². The molecule has 1 aliphatic rings. The molecule has 2 aromatic rings. The third-order valence-corrected chi connectivity index (χ3v) is 4.14. The molecular weight excluding hydrogens is 322 g/mol. The minimum Gasteiger partial charge on any atom is -0.399 e. The van der Waals surface area contributed by atoms with Gasteiger partial charge < -0.3 is 10.5 Å². The summed E-state index contributed by atoms with van der Waals surface area (Å²) < 4.78 is 8.27. The molecule has 0 radical (unpaired) electrons. The summed E-state index contributed by atoms with van der Waals surface area (Å²) >= 11 is 3.52. The predicted molar refractivity (Wildman–Crippen MR) is 78.9 cm³/mol. The summed E-state index contributed by atoms with van der Waals surface area (Å²) in [7, 11) is 0. The lowest BCUT2D eigenvalue weighted by molar-refractivity contribution is 0.0470. The number of benzene rings is 1. The van der Waals surface area contributed by atoms with Crippen LogP contribution in [0.1, 0.15) is 12.8 Å². The Labute approximate surface area is 125 Å². The molecule has 1 unspecified atom stereocenters. The van der Waals surface area contributed by atoms with Crippen LogP contribution >= 0.6 is 15.9 Å². The molecule has 2 heterocycles. The number of ether oxygens (including phenoxy) is 1. The first-order valence-corrected chi connectivity index (χ1v) is 7.42. The topological polar surface area (TPSA) is 78.9 Å². The number of tetrazole rings is 1. The third-order valence-electron chi connectivity index (χ3n) is 3.45. The zero-order valence-corrected chi connectivity index (χ0v) is 12.6. The lowest BCUT2D eigenvalue weighted by atomic mass is 10.0. The minimum atomic E-state index is 0.464. The van der Waals surface area contributed by atoms with Crippen molar-refractivity contribution in [1.29, 1.82) is 0 Å². The summed E-state index contributed by atoms with van der Waals surface area (Å²) in [5.41, 5.74) is 7.45. The summed E-state index contributed by atoms with van der Waals surface area (Å²) in [6.07, 6.45) is 2.25. The van der Waals surface area contributed by atoms with Gasteiger partial charge in [-0.1, -0.05) is 15.9 Å². The monoisotopic (exact) mass is 337 g/mol. The van der Waals surface area contributed by atoms with Crippen molar-refractivity contribution >= 4 is 21.6 Å². The number of anilines is 1. The van der Waals surface area contributed by atoms with E-state index in [1.54, 1.807) is 0 Å². The first-order chi connectivity index (χ1) is 9.74. The summed E-state index contributed by atoms with van der Waals surface area (Å²) in [6, 6.07) is 5.63. The molecule has 0 amide bonds. The quantitative estimate of drug-likeness (QED) is 0.867. The van der Waals surface area contributed by atoms with E-state index in [4.69, 9.17) is 10.5 Å². The number of rotatable bonds is 3. The fraction of sp³-hybridized carbons (Fsp3) is 0.462. The number of aromatic nitrogens is 4. The van der Waals surface area contributed by atoms with E-state index in [0.29, 0.717) is 11.6 Å². The van der Waals surface area contributed by atoms with Crippen molar-refractivity contribution in [3.63, 3.8) is 0 Å². The highest BCUT2D eigenvalue weighted by Crippen LogP contribution is 2.29. The molecule has 7 heteroatoms. The van der Waals surface area contributed by atoms with Gasteiger partial charge in [0.1, 0.15) is 0 Å². The summed E-state index contributed by atoms with van der Waals surface area (Å²) in [4.78, 5) is 0. The van der Waals surface area contributed by atoms with E-state index < -0.39 is 0 Å². The second-order valence-corrected chi connectivity index (χ2v) is 5.86. The smallest absolute Gasteiger partial charge is 0.183 e. The third kappa shape index (κ3) is 2.83. The Morgan fingerprint density at radius 1 is 1.45 bits per heavy atom. The van der Waals surface area contributed by atoms with E-state index in [1.165, 1.54) is 0 Å². The molecule has 1 aromatic heterocycles. The first kappa shape index (κ1) is 13.5. The Balaban J connectivity index is 1.87. The predicted octanol–water partition coefficient (Wildman–Crippen LogP) is 2.11. The van der Waals surface area contributed by atoms with Gasteiger partial charge in [0, 0.05) is 28.2 Å². The Hall–Kier alpha value is -1.47. The second-order valence-electron chi connectivity index (χ2n) is 5.01. The number of nitrogens with two attached hydrogens (primary N) is 1. The normalized spacial score (nSPS) is 19.1. The molecule has 20 heavy (non-hydrogen) atoms. The lowest BCUT2D eigenvalue weighted by Crippen LogP contribution is -2.23. The highest BCUT2D eigenvalue weighted by atomic mass is 79.9. The Bertz CT molecular complexity index is 594. The Morgan fingerprint density at radius 2 is 2.35 bits per heavy atom. The summed E-state index contributed by atoms with van der Waals surface area (Å²) in [5, 5.41) is 12.0. The van der Waals surface area contributed by atoms with Gasteiger partial charge in [-0.3, -0.25) is 0 Å². The van der Waals surface area contributed by atoms with Crippen molar-refractivity contribution in [2.45, 2.75) is 19.4 Å². The molecule has 6 nitrogen and oxygen atoms in total. The van der Waals surface area contributed by atoms with E-state index in [-0.39, 0.29) is 0 Å². The van der Waals surface area contributed by atoms with Crippen molar-refractivity contribution in [2.75, 3.05) is 18.9 Å². The Kier molecular flexibility index (Phi) is 3.98. The summed E-state index contributed by atoms with van der Waals surface area (Å²) in [5.74, 6) is 1.19. The van der Waals surface area contributed by atoms with E-state index in [0.717, 1.165) is 48.5 Å². The Morgan fingerprint density at radius 3 is 3.15 bits per heavy atom. The zero-order chi connectivity index (χ0) is 13.9. The second kappa shape index (κ2) is 5.88. The maximum atomic E-state index is 5.85. The highest BCUT2D eigenvalue weighted by molar-refractivity contribution is 9.10. The average molecular weight is 338 g/mol. The fourth-order valence-corrected chi connectivity index (χ4v) is 2.85. The molecule has 1 saturated heterocycles. The molecule has 106 valence electrons. The number of hydrogen-bond acceptors (Lipinski definition) is 5. The molecule has 0 spiro atoms. The zero-order valence-electron chi connectivity index (χ0n) is 11.0. The SMILES string of the molecule is Nc1ccc(Br)c(-c2nnnn2CC2CCCOC2)c1. The molecule has 0 bridgehead atoms. The van der Waals surface area contributed by atoms with Crippen LogP contribution in [0.5, 0.6) is 0 Å². The van der Waals surface area contributed by atoms with Crippen LogP contribution in [0.3, 0.4) is 0 Å². The molecule has 0 aliphatic carbocycles. The van der Waals surface area contributed by atoms with Gasteiger partial charge in [-0.25, -0.2) is 4.68 Å². The number of nitrogen functional groups attached to an aromatic ring is 1. The van der Waals surface area contributed by atoms with E-state index in [9.17, 15) is 0 Å². The van der Waals surface area contributed by atoms with Gasteiger partial charge in [0.15, 0.2) is 5.82 Å². The van der Waals surface area contributed by atoms with Crippen LogP contribution in [0.2, 0.25) is 0 Å². The minimum absolute atomic E-state index is 0.464. The van der Waals surface area contributed by atoms with Gasteiger partial charge in [0.05, 0.1) is 13.2 Å². The summed E-state index contributed by atoms with van der Waals surface area (Å²) in [6.45, 7) is 2.40. The van der Waals surface area contributed by atoms with Crippen molar-refractivity contribution in [3.8, 4) is 11.4 Å². The van der Waals surface area contributed by atoms with E-state index >= 15 is 0 Å². The van der Waals surface area contributed by atoms with Crippen LogP contribution in [-0.4, -0.2) is 33.4 Å².